The van der Waals surface area contributed by atoms with Gasteiger partial charge in [0, 0.05) is 6.08 Å². The van der Waals surface area contributed by atoms with E-state index in [4.69, 9.17) is 14.6 Å². The van der Waals surface area contributed by atoms with Crippen LogP contribution in [-0.2, 0) is 14.3 Å². The van der Waals surface area contributed by atoms with Crippen molar-refractivity contribution in [3.63, 3.8) is 0 Å². The number of aliphatic hydroxyl groups excluding tert-OH is 3. The first kappa shape index (κ1) is 15.5. The molecular weight excluding hydrogens is 280 g/mol. The molecule has 1 heterocycles. The smallest absolute Gasteiger partial charge is 0.333 e. The number of ether oxygens (including phenoxy) is 2. The minimum absolute atomic E-state index is 0.112. The van der Waals surface area contributed by atoms with Gasteiger partial charge in [-0.3, -0.25) is 0 Å². The number of carbonyl (C=O) groups excluding carboxylic acids is 1. The molecule has 7 nitrogen and oxygen atoms in total. The van der Waals surface area contributed by atoms with Crippen LogP contribution >= 0.6 is 0 Å². The van der Waals surface area contributed by atoms with E-state index in [0.717, 1.165) is 6.08 Å². The fourth-order valence-electron chi connectivity index (χ4n) is 1.79. The number of aliphatic hydroxyl groups is 3. The van der Waals surface area contributed by atoms with Crippen LogP contribution in [0.3, 0.4) is 0 Å². The molecule has 1 saturated heterocycles. The molecule has 1 aromatic rings. The van der Waals surface area contributed by atoms with E-state index in [0.29, 0.717) is 5.56 Å². The number of benzene rings is 1. The van der Waals surface area contributed by atoms with Crippen molar-refractivity contribution in [2.24, 2.45) is 0 Å². The average molecular weight is 296 g/mol. The molecule has 1 aliphatic heterocycles. The Morgan fingerprint density at radius 2 is 1.86 bits per heavy atom. The van der Waals surface area contributed by atoms with Gasteiger partial charge < -0.3 is 29.9 Å². The van der Waals surface area contributed by atoms with Gasteiger partial charge in [-0.05, 0) is 23.8 Å². The van der Waals surface area contributed by atoms with E-state index in [9.17, 15) is 20.1 Å². The predicted octanol–water partition coefficient (Wildman–Crippen LogP) is -0.612. The van der Waals surface area contributed by atoms with Crippen molar-refractivity contribution in [1.82, 2.24) is 0 Å². The van der Waals surface area contributed by atoms with Crippen LogP contribution in [0.5, 0.6) is 5.75 Å². The highest BCUT2D eigenvalue weighted by molar-refractivity contribution is 5.87. The Labute approximate surface area is 120 Å². The number of hydrogen-bond acceptors (Lipinski definition) is 7. The Kier molecular flexibility index (Phi) is 4.92. The van der Waals surface area contributed by atoms with Gasteiger partial charge in [0.15, 0.2) is 0 Å². The molecule has 1 aromatic carbocycles. The Morgan fingerprint density at radius 1 is 1.19 bits per heavy atom. The fourth-order valence-corrected chi connectivity index (χ4v) is 1.79. The van der Waals surface area contributed by atoms with Crippen LogP contribution in [0, 0.1) is 0 Å². The highest BCUT2D eigenvalue weighted by Gasteiger charge is 2.39. The zero-order chi connectivity index (χ0) is 15.4. The summed E-state index contributed by atoms with van der Waals surface area (Å²) in [6, 6.07) is 6.14. The number of hydrogen-bond donors (Lipinski definition) is 4. The second kappa shape index (κ2) is 6.68. The zero-order valence-corrected chi connectivity index (χ0v) is 11.0. The van der Waals surface area contributed by atoms with Crippen LogP contribution in [0.25, 0.3) is 6.08 Å². The summed E-state index contributed by atoms with van der Waals surface area (Å²) in [5, 5.41) is 37.4. The predicted molar refractivity (Wildman–Crippen MR) is 71.0 cm³/mol. The minimum Gasteiger partial charge on any atom is -0.508 e. The molecule has 114 valence electrons. The van der Waals surface area contributed by atoms with Crippen molar-refractivity contribution in [3.8, 4) is 5.75 Å². The molecular formula is C14H16O7. The molecule has 2 unspecified atom stereocenters. The van der Waals surface area contributed by atoms with Crippen molar-refractivity contribution in [1.29, 1.82) is 0 Å². The molecule has 0 spiro atoms. The van der Waals surface area contributed by atoms with Gasteiger partial charge in [-0.2, -0.15) is 0 Å². The standard InChI is InChI=1S/C14H16O7/c15-9-4-1-8(2-5-9)3-6-11(17)21-14-13(19)12(18)10(16)7-20-14/h1-6,10,12-16,18-19H,7H2/b6-3+/t10-,12?,13?,14+/m1/s1. The van der Waals surface area contributed by atoms with Gasteiger partial charge in [-0.15, -0.1) is 0 Å². The summed E-state index contributed by atoms with van der Waals surface area (Å²) in [4.78, 5) is 11.6. The summed E-state index contributed by atoms with van der Waals surface area (Å²) in [5.74, 6) is -0.656. The maximum Gasteiger partial charge on any atom is 0.333 e. The third kappa shape index (κ3) is 4.02. The van der Waals surface area contributed by atoms with E-state index >= 15 is 0 Å². The van der Waals surface area contributed by atoms with Crippen molar-refractivity contribution in [2.75, 3.05) is 6.61 Å². The molecule has 2 rings (SSSR count). The summed E-state index contributed by atoms with van der Waals surface area (Å²) < 4.78 is 9.79. The quantitative estimate of drug-likeness (QED) is 0.434. The first-order valence-electron chi connectivity index (χ1n) is 6.31. The molecule has 21 heavy (non-hydrogen) atoms. The summed E-state index contributed by atoms with van der Waals surface area (Å²) in [6.45, 7) is -0.238. The zero-order valence-electron chi connectivity index (χ0n) is 11.0. The topological polar surface area (TPSA) is 116 Å². The van der Waals surface area contributed by atoms with E-state index in [1.165, 1.54) is 18.2 Å². The van der Waals surface area contributed by atoms with Crippen molar-refractivity contribution in [2.45, 2.75) is 24.6 Å². The van der Waals surface area contributed by atoms with Crippen LogP contribution in [0.4, 0.5) is 0 Å². The van der Waals surface area contributed by atoms with E-state index in [-0.39, 0.29) is 12.4 Å². The normalized spacial score (nSPS) is 29.5. The molecule has 0 radical (unpaired) electrons. The second-order valence-electron chi connectivity index (χ2n) is 4.61. The van der Waals surface area contributed by atoms with Gasteiger partial charge in [0.25, 0.3) is 0 Å². The first-order chi connectivity index (χ1) is 9.97. The van der Waals surface area contributed by atoms with E-state index in [2.05, 4.69) is 0 Å². The summed E-state index contributed by atoms with van der Waals surface area (Å²) in [5.41, 5.74) is 0.672. The highest BCUT2D eigenvalue weighted by Crippen LogP contribution is 2.17. The fraction of sp³-hybridized carbons (Fsp3) is 0.357. The maximum absolute atomic E-state index is 11.6. The molecule has 1 fully saturated rings. The summed E-state index contributed by atoms with van der Waals surface area (Å²) >= 11 is 0. The van der Waals surface area contributed by atoms with Crippen molar-refractivity contribution >= 4 is 12.0 Å². The van der Waals surface area contributed by atoms with Gasteiger partial charge in [0.1, 0.15) is 24.1 Å². The van der Waals surface area contributed by atoms with Gasteiger partial charge in [0.2, 0.25) is 6.29 Å². The largest absolute Gasteiger partial charge is 0.508 e. The second-order valence-corrected chi connectivity index (χ2v) is 4.61. The summed E-state index contributed by atoms with van der Waals surface area (Å²) in [6.07, 6.45) is -2.91. The number of carbonyl (C=O) groups is 1. The lowest BCUT2D eigenvalue weighted by Crippen LogP contribution is -2.54. The van der Waals surface area contributed by atoms with Crippen LogP contribution in [0.1, 0.15) is 5.56 Å². The molecule has 7 heteroatoms. The van der Waals surface area contributed by atoms with Gasteiger partial charge in [0.05, 0.1) is 6.61 Å². The lowest BCUT2D eigenvalue weighted by molar-refractivity contribution is -0.260. The summed E-state index contributed by atoms with van der Waals surface area (Å²) in [7, 11) is 0. The molecule has 0 bridgehead atoms. The van der Waals surface area contributed by atoms with E-state index in [1.54, 1.807) is 12.1 Å². The van der Waals surface area contributed by atoms with Crippen molar-refractivity contribution < 1.29 is 34.7 Å². The Hall–Kier alpha value is -1.93. The Bertz CT molecular complexity index is 511. The molecule has 4 N–H and O–H groups in total. The first-order valence-corrected chi connectivity index (χ1v) is 6.31. The molecule has 0 aromatic heterocycles. The monoisotopic (exact) mass is 296 g/mol. The SMILES string of the molecule is O=C(/C=C/c1ccc(O)cc1)O[C@@H]1OC[C@@H](O)C(O)C1O. The molecule has 0 amide bonds. The number of phenols is 1. The number of esters is 1. The van der Waals surface area contributed by atoms with E-state index < -0.39 is 30.6 Å². The van der Waals surface area contributed by atoms with Crippen LogP contribution in [0.15, 0.2) is 30.3 Å². The van der Waals surface area contributed by atoms with Gasteiger partial charge in [-0.25, -0.2) is 4.79 Å². The highest BCUT2D eigenvalue weighted by atomic mass is 16.7. The van der Waals surface area contributed by atoms with Crippen LogP contribution in [-0.4, -0.2) is 57.6 Å². The van der Waals surface area contributed by atoms with Crippen LogP contribution in [0.2, 0.25) is 0 Å². The average Bonchev–Trinajstić information content (AvgIpc) is 2.47. The molecule has 0 saturated carbocycles. The third-order valence-corrected chi connectivity index (χ3v) is 2.99. The number of aromatic hydroxyl groups is 1. The molecule has 1 aliphatic rings. The Balaban J connectivity index is 1.91. The maximum atomic E-state index is 11.6. The van der Waals surface area contributed by atoms with Crippen LogP contribution < -0.4 is 0 Å². The lowest BCUT2D eigenvalue weighted by Gasteiger charge is -2.34. The molecule has 4 atom stereocenters. The van der Waals surface area contributed by atoms with Gasteiger partial charge in [-0.1, -0.05) is 12.1 Å². The number of rotatable bonds is 3. The minimum atomic E-state index is -1.51. The van der Waals surface area contributed by atoms with Crippen molar-refractivity contribution in [3.05, 3.63) is 35.9 Å². The molecule has 0 aliphatic carbocycles. The van der Waals surface area contributed by atoms with Gasteiger partial charge >= 0.3 is 5.97 Å². The number of phenolic OH excluding ortho intramolecular Hbond substituents is 1. The Morgan fingerprint density at radius 3 is 2.52 bits per heavy atom. The van der Waals surface area contributed by atoms with E-state index in [1.807, 2.05) is 0 Å². The lowest BCUT2D eigenvalue weighted by atomic mass is 10.1. The third-order valence-electron chi connectivity index (χ3n) is 2.99.